The van der Waals surface area contributed by atoms with Crippen LogP contribution in [0.2, 0.25) is 0 Å². The molecule has 33 heavy (non-hydrogen) atoms. The SMILES string of the molecule is O=C(N[C@H]1CO[C@H]2[C@@H]1OC[C@@H]2Nc1nccc(-c2ccc3c(c2)OCO3)n1)c1ccccc1. The van der Waals surface area contributed by atoms with Gasteiger partial charge in [-0.3, -0.25) is 4.79 Å². The van der Waals surface area contributed by atoms with Crippen molar-refractivity contribution in [1.82, 2.24) is 15.3 Å². The molecule has 9 nitrogen and oxygen atoms in total. The van der Waals surface area contributed by atoms with E-state index >= 15 is 0 Å². The normalized spacial score (nSPS) is 25.0. The molecule has 3 aliphatic rings. The molecular formula is C24H22N4O5. The Morgan fingerprint density at radius 2 is 1.70 bits per heavy atom. The molecule has 3 aromatic rings. The summed E-state index contributed by atoms with van der Waals surface area (Å²) >= 11 is 0. The summed E-state index contributed by atoms with van der Waals surface area (Å²) in [6.45, 7) is 1.06. The number of carbonyl (C=O) groups is 1. The number of fused-ring (bicyclic) bond motifs is 2. The molecule has 2 N–H and O–H groups in total. The van der Waals surface area contributed by atoms with Crippen LogP contribution in [0.4, 0.5) is 5.95 Å². The first-order valence-corrected chi connectivity index (χ1v) is 10.8. The first-order valence-electron chi connectivity index (χ1n) is 10.8. The zero-order valence-electron chi connectivity index (χ0n) is 17.6. The molecule has 3 aliphatic heterocycles. The van der Waals surface area contributed by atoms with Gasteiger partial charge >= 0.3 is 0 Å². The van der Waals surface area contributed by atoms with Gasteiger partial charge in [0.2, 0.25) is 12.7 Å². The minimum Gasteiger partial charge on any atom is -0.454 e. The fraction of sp³-hybridized carbons (Fsp3) is 0.292. The molecule has 2 aromatic carbocycles. The van der Waals surface area contributed by atoms with Crippen molar-refractivity contribution in [3.05, 3.63) is 66.4 Å². The summed E-state index contributed by atoms with van der Waals surface area (Å²) in [5.41, 5.74) is 2.29. The molecule has 1 aromatic heterocycles. The molecule has 0 spiro atoms. The van der Waals surface area contributed by atoms with Crippen molar-refractivity contribution in [3.8, 4) is 22.8 Å². The molecule has 2 saturated heterocycles. The number of amides is 1. The summed E-state index contributed by atoms with van der Waals surface area (Å²) < 4.78 is 22.8. The summed E-state index contributed by atoms with van der Waals surface area (Å²) in [7, 11) is 0. The Bertz CT molecular complexity index is 1170. The van der Waals surface area contributed by atoms with Crippen LogP contribution in [0.3, 0.4) is 0 Å². The smallest absolute Gasteiger partial charge is 0.251 e. The Morgan fingerprint density at radius 1 is 0.909 bits per heavy atom. The van der Waals surface area contributed by atoms with E-state index in [0.717, 1.165) is 17.0 Å². The Morgan fingerprint density at radius 3 is 2.58 bits per heavy atom. The zero-order valence-corrected chi connectivity index (χ0v) is 17.6. The number of nitrogens with one attached hydrogen (secondary N) is 2. The van der Waals surface area contributed by atoms with Crippen LogP contribution in [-0.2, 0) is 9.47 Å². The number of nitrogens with zero attached hydrogens (tertiary/aromatic N) is 2. The van der Waals surface area contributed by atoms with E-state index < -0.39 is 0 Å². The van der Waals surface area contributed by atoms with Gasteiger partial charge < -0.3 is 29.6 Å². The fourth-order valence-corrected chi connectivity index (χ4v) is 4.40. The summed E-state index contributed by atoms with van der Waals surface area (Å²) in [5.74, 6) is 1.78. The van der Waals surface area contributed by atoms with Gasteiger partial charge in [0.25, 0.3) is 5.91 Å². The van der Waals surface area contributed by atoms with Crippen molar-refractivity contribution < 1.29 is 23.7 Å². The average Bonchev–Trinajstić information content (AvgIpc) is 3.58. The zero-order chi connectivity index (χ0) is 22.2. The molecule has 0 bridgehead atoms. The first-order chi connectivity index (χ1) is 16.2. The Labute approximate surface area is 190 Å². The standard InChI is InChI=1S/C24H22N4O5/c29-23(14-4-2-1-3-5-14)26-17-11-30-22-18(12-31-21(17)22)28-24-25-9-8-16(27-24)15-6-7-19-20(10-15)33-13-32-19/h1-10,17-18,21-22H,11-13H2,(H,26,29)(H,25,27,28)/t17-,18-,21+,22+/m0/s1. The lowest BCUT2D eigenvalue weighted by atomic mass is 10.1. The predicted molar refractivity (Wildman–Crippen MR) is 118 cm³/mol. The first kappa shape index (κ1) is 20.0. The van der Waals surface area contributed by atoms with E-state index in [9.17, 15) is 4.79 Å². The van der Waals surface area contributed by atoms with Crippen molar-refractivity contribution in [1.29, 1.82) is 0 Å². The maximum absolute atomic E-state index is 12.5. The molecule has 168 valence electrons. The molecular weight excluding hydrogens is 424 g/mol. The van der Waals surface area contributed by atoms with Gasteiger partial charge in [0, 0.05) is 17.3 Å². The lowest BCUT2D eigenvalue weighted by molar-refractivity contribution is 0.0652. The van der Waals surface area contributed by atoms with Gasteiger partial charge in [-0.05, 0) is 36.4 Å². The van der Waals surface area contributed by atoms with Crippen LogP contribution in [0.5, 0.6) is 11.5 Å². The molecule has 4 heterocycles. The Kier molecular flexibility index (Phi) is 5.04. The lowest BCUT2D eigenvalue weighted by Gasteiger charge is -2.18. The highest BCUT2D eigenvalue weighted by Gasteiger charge is 2.48. The van der Waals surface area contributed by atoms with Gasteiger partial charge in [0.05, 0.1) is 31.0 Å². The molecule has 0 aliphatic carbocycles. The number of aromatic nitrogens is 2. The maximum Gasteiger partial charge on any atom is 0.251 e. The molecule has 0 unspecified atom stereocenters. The van der Waals surface area contributed by atoms with E-state index in [-0.39, 0.29) is 37.0 Å². The second-order valence-electron chi connectivity index (χ2n) is 8.13. The minimum atomic E-state index is -0.229. The average molecular weight is 446 g/mol. The van der Waals surface area contributed by atoms with Gasteiger partial charge in [-0.1, -0.05) is 18.2 Å². The summed E-state index contributed by atoms with van der Waals surface area (Å²) in [4.78, 5) is 21.5. The highest BCUT2D eigenvalue weighted by atomic mass is 16.7. The Hall–Kier alpha value is -3.69. The van der Waals surface area contributed by atoms with Crippen molar-refractivity contribution in [2.45, 2.75) is 24.3 Å². The second-order valence-corrected chi connectivity index (χ2v) is 8.13. The van der Waals surface area contributed by atoms with Gasteiger partial charge in [0.1, 0.15) is 12.2 Å². The highest BCUT2D eigenvalue weighted by molar-refractivity contribution is 5.94. The number of anilines is 1. The molecule has 4 atom stereocenters. The van der Waals surface area contributed by atoms with Crippen molar-refractivity contribution in [2.75, 3.05) is 25.3 Å². The van der Waals surface area contributed by atoms with Crippen LogP contribution < -0.4 is 20.1 Å². The van der Waals surface area contributed by atoms with Crippen molar-refractivity contribution >= 4 is 11.9 Å². The number of rotatable bonds is 5. The van der Waals surface area contributed by atoms with Gasteiger partial charge in [-0.2, -0.15) is 0 Å². The predicted octanol–water partition coefficient (Wildman–Crippen LogP) is 2.25. The Balaban J connectivity index is 1.12. The van der Waals surface area contributed by atoms with Crippen molar-refractivity contribution in [2.24, 2.45) is 0 Å². The van der Waals surface area contributed by atoms with Crippen LogP contribution in [0.15, 0.2) is 60.8 Å². The van der Waals surface area contributed by atoms with Crippen LogP contribution in [0, 0.1) is 0 Å². The third kappa shape index (κ3) is 3.85. The monoisotopic (exact) mass is 446 g/mol. The molecule has 0 saturated carbocycles. The number of carbonyl (C=O) groups excluding carboxylic acids is 1. The number of ether oxygens (including phenoxy) is 4. The van der Waals surface area contributed by atoms with E-state index in [1.165, 1.54) is 0 Å². The molecule has 0 radical (unpaired) electrons. The third-order valence-corrected chi connectivity index (χ3v) is 6.04. The molecule has 1 amide bonds. The fourth-order valence-electron chi connectivity index (χ4n) is 4.40. The molecule has 2 fully saturated rings. The molecule has 6 rings (SSSR count). The number of hydrogen-bond acceptors (Lipinski definition) is 8. The largest absolute Gasteiger partial charge is 0.454 e. The van der Waals surface area contributed by atoms with E-state index in [0.29, 0.717) is 30.5 Å². The van der Waals surface area contributed by atoms with Gasteiger partial charge in [-0.25, -0.2) is 9.97 Å². The number of hydrogen-bond donors (Lipinski definition) is 2. The van der Waals surface area contributed by atoms with E-state index in [2.05, 4.69) is 20.6 Å². The summed E-state index contributed by atoms with van der Waals surface area (Å²) in [5, 5.41) is 6.37. The van der Waals surface area contributed by atoms with E-state index in [1.54, 1.807) is 18.3 Å². The molecule has 9 heteroatoms. The van der Waals surface area contributed by atoms with Crippen LogP contribution in [0.25, 0.3) is 11.3 Å². The van der Waals surface area contributed by atoms with Crippen LogP contribution in [-0.4, -0.2) is 60.2 Å². The quantitative estimate of drug-likeness (QED) is 0.615. The summed E-state index contributed by atoms with van der Waals surface area (Å²) in [6.07, 6.45) is 1.28. The minimum absolute atomic E-state index is 0.124. The second kappa shape index (κ2) is 8.34. The van der Waals surface area contributed by atoms with E-state index in [4.69, 9.17) is 18.9 Å². The third-order valence-electron chi connectivity index (χ3n) is 6.04. The lowest BCUT2D eigenvalue weighted by Crippen LogP contribution is -2.44. The van der Waals surface area contributed by atoms with Crippen molar-refractivity contribution in [3.63, 3.8) is 0 Å². The highest BCUT2D eigenvalue weighted by Crippen LogP contribution is 2.35. The van der Waals surface area contributed by atoms with Crippen LogP contribution in [0.1, 0.15) is 10.4 Å². The van der Waals surface area contributed by atoms with Gasteiger partial charge in [0.15, 0.2) is 11.5 Å². The van der Waals surface area contributed by atoms with Gasteiger partial charge in [-0.15, -0.1) is 0 Å². The topological polar surface area (TPSA) is 104 Å². The van der Waals surface area contributed by atoms with E-state index in [1.807, 2.05) is 42.5 Å². The maximum atomic E-state index is 12.5. The summed E-state index contributed by atoms with van der Waals surface area (Å²) in [6, 6.07) is 16.4. The number of benzene rings is 2. The van der Waals surface area contributed by atoms with Crippen LogP contribution >= 0.6 is 0 Å².